The van der Waals surface area contributed by atoms with Gasteiger partial charge in [-0.15, -0.1) is 0 Å². The van der Waals surface area contributed by atoms with Crippen LogP contribution < -0.4 is 0 Å². The van der Waals surface area contributed by atoms with Crippen LogP contribution in [-0.4, -0.2) is 46.3 Å². The van der Waals surface area contributed by atoms with Gasteiger partial charge >= 0.3 is 5.97 Å². The van der Waals surface area contributed by atoms with Gasteiger partial charge in [0.15, 0.2) is 6.61 Å². The number of nitrogens with zero attached hydrogens (tertiary/aromatic N) is 2. The number of hydrogen-bond donors (Lipinski definition) is 0. The monoisotopic (exact) mass is 410 g/mol. The van der Waals surface area contributed by atoms with Crippen molar-refractivity contribution in [2.45, 2.75) is 53.1 Å². The van der Waals surface area contributed by atoms with Crippen molar-refractivity contribution < 1.29 is 19.1 Å². The van der Waals surface area contributed by atoms with Crippen molar-refractivity contribution in [1.29, 1.82) is 0 Å². The number of rotatable bonds is 8. The number of carbonyl (C=O) groups excluding carboxylic acids is 3. The molecule has 1 aromatic heterocycles. The van der Waals surface area contributed by atoms with Crippen molar-refractivity contribution >= 4 is 17.7 Å². The predicted molar refractivity (Wildman–Crippen MR) is 114 cm³/mol. The lowest BCUT2D eigenvalue weighted by molar-refractivity contribution is -0.147. The summed E-state index contributed by atoms with van der Waals surface area (Å²) in [6.45, 7) is 8.58. The molecule has 1 unspecified atom stereocenters. The molecule has 3 rings (SSSR count). The van der Waals surface area contributed by atoms with Gasteiger partial charge in [0.1, 0.15) is 0 Å². The van der Waals surface area contributed by atoms with Gasteiger partial charge in [-0.2, -0.15) is 0 Å². The number of aryl methyl sites for hydroxylation is 2. The van der Waals surface area contributed by atoms with Gasteiger partial charge in [-0.1, -0.05) is 30.3 Å². The minimum absolute atomic E-state index is 0.0414. The zero-order chi connectivity index (χ0) is 21.8. The number of esters is 1. The normalized spacial score (nSPS) is 16.4. The van der Waals surface area contributed by atoms with Crippen LogP contribution >= 0.6 is 0 Å². The van der Waals surface area contributed by atoms with Gasteiger partial charge < -0.3 is 14.2 Å². The summed E-state index contributed by atoms with van der Waals surface area (Å²) >= 11 is 0. The van der Waals surface area contributed by atoms with Crippen molar-refractivity contribution in [1.82, 2.24) is 9.47 Å². The van der Waals surface area contributed by atoms with Gasteiger partial charge in [-0.3, -0.25) is 14.4 Å². The number of carbonyl (C=O) groups is 3. The highest BCUT2D eigenvalue weighted by molar-refractivity contribution is 5.99. The van der Waals surface area contributed by atoms with Gasteiger partial charge in [0.2, 0.25) is 11.7 Å². The van der Waals surface area contributed by atoms with Crippen LogP contribution in [0.4, 0.5) is 0 Å². The lowest BCUT2D eigenvalue weighted by atomic mass is 10.1. The van der Waals surface area contributed by atoms with E-state index in [4.69, 9.17) is 4.74 Å². The third-order valence-corrected chi connectivity index (χ3v) is 5.80. The summed E-state index contributed by atoms with van der Waals surface area (Å²) in [5, 5.41) is 0. The van der Waals surface area contributed by atoms with E-state index in [1.807, 2.05) is 52.0 Å². The summed E-state index contributed by atoms with van der Waals surface area (Å²) in [6, 6.07) is 12.1. The molecule has 1 aliphatic rings. The van der Waals surface area contributed by atoms with Crippen molar-refractivity contribution in [3.05, 3.63) is 58.9 Å². The fraction of sp³-hybridized carbons (Fsp3) is 0.458. The molecule has 160 valence electrons. The highest BCUT2D eigenvalue weighted by Crippen LogP contribution is 2.22. The second-order valence-electron chi connectivity index (χ2n) is 8.24. The van der Waals surface area contributed by atoms with E-state index >= 15 is 0 Å². The Bertz CT molecular complexity index is 930. The molecule has 1 atom stereocenters. The number of amides is 1. The van der Waals surface area contributed by atoms with E-state index in [-0.39, 0.29) is 30.8 Å². The molecule has 1 amide bonds. The van der Waals surface area contributed by atoms with Gasteiger partial charge in [0, 0.05) is 42.5 Å². The number of benzene rings is 1. The largest absolute Gasteiger partial charge is 0.457 e. The van der Waals surface area contributed by atoms with E-state index in [2.05, 4.69) is 16.7 Å². The summed E-state index contributed by atoms with van der Waals surface area (Å²) < 4.78 is 7.40. The van der Waals surface area contributed by atoms with Crippen molar-refractivity contribution in [3.63, 3.8) is 0 Å². The van der Waals surface area contributed by atoms with E-state index < -0.39 is 11.9 Å². The maximum absolute atomic E-state index is 12.7. The number of aromatic nitrogens is 1. The topological polar surface area (TPSA) is 68.6 Å². The van der Waals surface area contributed by atoms with E-state index in [0.717, 1.165) is 24.4 Å². The summed E-state index contributed by atoms with van der Waals surface area (Å²) in [5.74, 6) is -1.23. The van der Waals surface area contributed by atoms with Crippen LogP contribution in [0.25, 0.3) is 0 Å². The maximum atomic E-state index is 12.7. The van der Waals surface area contributed by atoms with Crippen LogP contribution in [0, 0.1) is 19.8 Å². The molecular weight excluding hydrogens is 380 g/mol. The van der Waals surface area contributed by atoms with Crippen LogP contribution in [0.5, 0.6) is 0 Å². The molecule has 0 bridgehead atoms. The van der Waals surface area contributed by atoms with Crippen molar-refractivity contribution in [3.8, 4) is 0 Å². The summed E-state index contributed by atoms with van der Waals surface area (Å²) in [7, 11) is 0. The molecule has 0 spiro atoms. The van der Waals surface area contributed by atoms with E-state index in [9.17, 15) is 14.4 Å². The fourth-order valence-electron chi connectivity index (χ4n) is 4.03. The highest BCUT2D eigenvalue weighted by Gasteiger charge is 2.36. The standard InChI is InChI=1S/C24H30N2O4/c1-16(2)26-14-20(13-23(26)28)24(29)30-15-22(27)21-12-17(3)25(18(21)4)11-10-19-8-6-5-7-9-19/h5-9,12,16,20H,10-11,13-15H2,1-4H3. The van der Waals surface area contributed by atoms with Crippen molar-refractivity contribution in [2.75, 3.05) is 13.2 Å². The van der Waals surface area contributed by atoms with Gasteiger partial charge in [0.25, 0.3) is 0 Å². The first-order valence-corrected chi connectivity index (χ1v) is 10.5. The van der Waals surface area contributed by atoms with Gasteiger partial charge in [-0.05, 0) is 45.7 Å². The minimum atomic E-state index is -0.494. The predicted octanol–water partition coefficient (Wildman–Crippen LogP) is 3.33. The third-order valence-electron chi connectivity index (χ3n) is 5.80. The third kappa shape index (κ3) is 4.81. The van der Waals surface area contributed by atoms with Crippen molar-refractivity contribution in [2.24, 2.45) is 5.92 Å². The molecule has 6 nitrogen and oxygen atoms in total. The maximum Gasteiger partial charge on any atom is 0.311 e. The Kier molecular flexibility index (Phi) is 6.75. The van der Waals surface area contributed by atoms with E-state index in [1.165, 1.54) is 5.56 Å². The average Bonchev–Trinajstić information content (AvgIpc) is 3.25. The number of ketones is 1. The van der Waals surface area contributed by atoms with Crippen LogP contribution in [-0.2, 0) is 27.3 Å². The minimum Gasteiger partial charge on any atom is -0.457 e. The fourth-order valence-corrected chi connectivity index (χ4v) is 4.03. The number of likely N-dealkylation sites (tertiary alicyclic amines) is 1. The first-order chi connectivity index (χ1) is 14.3. The summed E-state index contributed by atoms with van der Waals surface area (Å²) in [4.78, 5) is 38.7. The van der Waals surface area contributed by atoms with E-state index in [1.54, 1.807) is 4.90 Å². The SMILES string of the molecule is Cc1cc(C(=O)COC(=O)C2CC(=O)N(C(C)C)C2)c(C)n1CCc1ccccc1. The number of ether oxygens (including phenoxy) is 1. The molecule has 1 saturated heterocycles. The van der Waals surface area contributed by atoms with Gasteiger partial charge in [0.05, 0.1) is 5.92 Å². The first-order valence-electron chi connectivity index (χ1n) is 10.5. The Morgan fingerprint density at radius 1 is 1.17 bits per heavy atom. The molecule has 0 radical (unpaired) electrons. The molecule has 6 heteroatoms. The molecule has 0 N–H and O–H groups in total. The summed E-state index contributed by atoms with van der Waals surface area (Å²) in [5.41, 5.74) is 3.71. The van der Waals surface area contributed by atoms with Crippen LogP contribution in [0.3, 0.4) is 0 Å². The molecule has 1 aliphatic heterocycles. The Morgan fingerprint density at radius 3 is 2.50 bits per heavy atom. The van der Waals surface area contributed by atoms with Crippen LogP contribution in [0.15, 0.2) is 36.4 Å². The highest BCUT2D eigenvalue weighted by atomic mass is 16.5. The van der Waals surface area contributed by atoms with E-state index in [0.29, 0.717) is 12.1 Å². The second kappa shape index (κ2) is 9.28. The molecule has 2 aromatic rings. The Balaban J connectivity index is 1.58. The molecule has 2 heterocycles. The smallest absolute Gasteiger partial charge is 0.311 e. The zero-order valence-electron chi connectivity index (χ0n) is 18.2. The average molecular weight is 411 g/mol. The number of Topliss-reactive ketones (excluding diaryl/α,β-unsaturated/α-hetero) is 1. The lowest BCUT2D eigenvalue weighted by Crippen LogP contribution is -2.33. The molecule has 1 aromatic carbocycles. The van der Waals surface area contributed by atoms with Gasteiger partial charge in [-0.25, -0.2) is 0 Å². The second-order valence-corrected chi connectivity index (χ2v) is 8.24. The Labute approximate surface area is 177 Å². The molecule has 30 heavy (non-hydrogen) atoms. The molecule has 0 saturated carbocycles. The Hall–Kier alpha value is -2.89. The molecular formula is C24H30N2O4. The summed E-state index contributed by atoms with van der Waals surface area (Å²) in [6.07, 6.45) is 1.03. The zero-order valence-corrected chi connectivity index (χ0v) is 18.2. The molecule has 1 fully saturated rings. The lowest BCUT2D eigenvalue weighted by Gasteiger charge is -2.20. The Morgan fingerprint density at radius 2 is 1.87 bits per heavy atom. The van der Waals surface area contributed by atoms with Crippen LogP contribution in [0.2, 0.25) is 0 Å². The van der Waals surface area contributed by atoms with Crippen LogP contribution in [0.1, 0.15) is 47.6 Å². The first kappa shape index (κ1) is 21.8. The molecule has 0 aliphatic carbocycles. The quantitative estimate of drug-likeness (QED) is 0.494. The number of hydrogen-bond acceptors (Lipinski definition) is 4.